The maximum Gasteiger partial charge on any atom is 0.0431 e. The van der Waals surface area contributed by atoms with Gasteiger partial charge in [0.25, 0.3) is 0 Å². The lowest BCUT2D eigenvalue weighted by Crippen LogP contribution is -2.08. The Morgan fingerprint density at radius 1 is 1.36 bits per heavy atom. The molecule has 0 aliphatic heterocycles. The van der Waals surface area contributed by atoms with Gasteiger partial charge in [-0.2, -0.15) is 0 Å². The van der Waals surface area contributed by atoms with Crippen LogP contribution in [0.2, 0.25) is 0 Å². The molecule has 0 spiro atoms. The molecule has 2 N–H and O–H groups in total. The molecule has 0 aromatic carbocycles. The fraction of sp³-hybridized carbons (Fsp3) is 0.556. The van der Waals surface area contributed by atoms with Gasteiger partial charge in [-0.1, -0.05) is 13.2 Å². The summed E-state index contributed by atoms with van der Waals surface area (Å²) in [5.74, 6) is 0. The van der Waals surface area contributed by atoms with Gasteiger partial charge < -0.3 is 10.4 Å². The van der Waals surface area contributed by atoms with Gasteiger partial charge in [-0.3, -0.25) is 0 Å². The Kier molecular flexibility index (Phi) is 5.57. The number of rotatable bonds is 6. The molecule has 64 valence electrons. The van der Waals surface area contributed by atoms with E-state index >= 15 is 0 Å². The number of aliphatic hydroxyl groups excluding tert-OH is 1. The molecule has 0 aliphatic carbocycles. The molecular weight excluding hydrogens is 138 g/mol. The molecule has 2 nitrogen and oxygen atoms in total. The monoisotopic (exact) mass is 155 g/mol. The number of nitrogens with one attached hydrogen (secondary N) is 1. The first-order chi connectivity index (χ1) is 5.16. The molecule has 2 heteroatoms. The molecule has 0 rings (SSSR count). The molecule has 0 saturated carbocycles. The van der Waals surface area contributed by atoms with E-state index in [1.54, 1.807) is 0 Å². The average molecular weight is 155 g/mol. The molecule has 0 aromatic heterocycles. The summed E-state index contributed by atoms with van der Waals surface area (Å²) in [4.78, 5) is 0. The summed E-state index contributed by atoms with van der Waals surface area (Å²) in [5, 5.41) is 11.5. The standard InChI is InChI=1S/C9H17NO/c1-8(2)10-9(3)6-4-5-7-11/h10-11H,1,3-7H2,2H3. The first-order valence-electron chi connectivity index (χ1n) is 3.88. The third-order valence-electron chi connectivity index (χ3n) is 1.28. The lowest BCUT2D eigenvalue weighted by molar-refractivity contribution is 0.284. The molecule has 0 aliphatic rings. The van der Waals surface area contributed by atoms with E-state index in [-0.39, 0.29) is 6.61 Å². The fourth-order valence-electron chi connectivity index (χ4n) is 0.814. The van der Waals surface area contributed by atoms with Crippen LogP contribution in [0.3, 0.4) is 0 Å². The van der Waals surface area contributed by atoms with Crippen LogP contribution in [0.5, 0.6) is 0 Å². The van der Waals surface area contributed by atoms with Gasteiger partial charge in [-0.15, -0.1) is 0 Å². The minimum atomic E-state index is 0.264. The second kappa shape index (κ2) is 5.98. The van der Waals surface area contributed by atoms with Crippen molar-refractivity contribution in [3.63, 3.8) is 0 Å². The van der Waals surface area contributed by atoms with Crippen LogP contribution in [0.4, 0.5) is 0 Å². The van der Waals surface area contributed by atoms with Gasteiger partial charge in [0.2, 0.25) is 0 Å². The van der Waals surface area contributed by atoms with Crippen LogP contribution >= 0.6 is 0 Å². The SMILES string of the molecule is C=C(C)NC(=C)CCCCO. The summed E-state index contributed by atoms with van der Waals surface area (Å²) in [5.41, 5.74) is 1.89. The lowest BCUT2D eigenvalue weighted by atomic mass is 10.2. The molecule has 0 atom stereocenters. The zero-order valence-corrected chi connectivity index (χ0v) is 7.19. The van der Waals surface area contributed by atoms with Gasteiger partial charge in [0, 0.05) is 18.0 Å². The minimum absolute atomic E-state index is 0.264. The van der Waals surface area contributed by atoms with E-state index in [1.165, 1.54) is 0 Å². The van der Waals surface area contributed by atoms with Gasteiger partial charge in [0.1, 0.15) is 0 Å². The third-order valence-corrected chi connectivity index (χ3v) is 1.28. The molecule has 0 amide bonds. The Balaban J connectivity index is 3.30. The summed E-state index contributed by atoms with van der Waals surface area (Å²) < 4.78 is 0. The summed E-state index contributed by atoms with van der Waals surface area (Å²) >= 11 is 0. The summed E-state index contributed by atoms with van der Waals surface area (Å²) in [6.07, 6.45) is 2.74. The molecule has 0 saturated heterocycles. The highest BCUT2D eigenvalue weighted by atomic mass is 16.2. The normalized spacial score (nSPS) is 9.27. The van der Waals surface area contributed by atoms with Crippen LogP contribution in [0, 0.1) is 0 Å². The third kappa shape index (κ3) is 7.13. The number of hydrogen-bond acceptors (Lipinski definition) is 2. The summed E-state index contributed by atoms with van der Waals surface area (Å²) in [6, 6.07) is 0. The van der Waals surface area contributed by atoms with Gasteiger partial charge in [0.15, 0.2) is 0 Å². The summed E-state index contributed by atoms with van der Waals surface area (Å²) in [6.45, 7) is 9.68. The van der Waals surface area contributed by atoms with E-state index in [0.717, 1.165) is 30.7 Å². The first kappa shape index (κ1) is 10.2. The van der Waals surface area contributed by atoms with Crippen molar-refractivity contribution in [2.45, 2.75) is 26.2 Å². The molecule has 0 unspecified atom stereocenters. The predicted octanol–water partition coefficient (Wildman–Crippen LogP) is 1.79. The number of unbranched alkanes of at least 4 members (excludes halogenated alkanes) is 1. The number of aliphatic hydroxyl groups is 1. The van der Waals surface area contributed by atoms with Crippen LogP contribution < -0.4 is 5.32 Å². The van der Waals surface area contributed by atoms with E-state index in [0.29, 0.717) is 0 Å². The maximum atomic E-state index is 8.49. The minimum Gasteiger partial charge on any atom is -0.396 e. The predicted molar refractivity (Wildman–Crippen MR) is 48.0 cm³/mol. The second-order valence-electron chi connectivity index (χ2n) is 2.69. The second-order valence-corrected chi connectivity index (χ2v) is 2.69. The van der Waals surface area contributed by atoms with Crippen LogP contribution in [-0.2, 0) is 0 Å². The quantitative estimate of drug-likeness (QED) is 0.573. The maximum absolute atomic E-state index is 8.49. The van der Waals surface area contributed by atoms with E-state index in [1.807, 2.05) is 6.92 Å². The van der Waals surface area contributed by atoms with Gasteiger partial charge in [-0.25, -0.2) is 0 Å². The Hall–Kier alpha value is -0.760. The van der Waals surface area contributed by atoms with E-state index in [9.17, 15) is 0 Å². The van der Waals surface area contributed by atoms with E-state index in [4.69, 9.17) is 5.11 Å². The van der Waals surface area contributed by atoms with Gasteiger partial charge >= 0.3 is 0 Å². The Bertz CT molecular complexity index is 140. The largest absolute Gasteiger partial charge is 0.396 e. The smallest absolute Gasteiger partial charge is 0.0431 e. The highest BCUT2D eigenvalue weighted by Gasteiger charge is 1.92. The zero-order valence-electron chi connectivity index (χ0n) is 7.19. The van der Waals surface area contributed by atoms with Gasteiger partial charge in [0.05, 0.1) is 0 Å². The molecular formula is C9H17NO. The molecule has 0 bridgehead atoms. The summed E-state index contributed by atoms with van der Waals surface area (Å²) in [7, 11) is 0. The van der Waals surface area contributed by atoms with Crippen LogP contribution in [-0.4, -0.2) is 11.7 Å². The van der Waals surface area contributed by atoms with Crippen molar-refractivity contribution in [3.05, 3.63) is 24.6 Å². The van der Waals surface area contributed by atoms with Crippen molar-refractivity contribution in [3.8, 4) is 0 Å². The number of hydrogen-bond donors (Lipinski definition) is 2. The molecule has 11 heavy (non-hydrogen) atoms. The van der Waals surface area contributed by atoms with Crippen LogP contribution in [0.15, 0.2) is 24.6 Å². The van der Waals surface area contributed by atoms with Crippen molar-refractivity contribution in [1.29, 1.82) is 0 Å². The number of allylic oxidation sites excluding steroid dienone is 2. The van der Waals surface area contributed by atoms with Gasteiger partial charge in [-0.05, 0) is 26.2 Å². The molecule has 0 heterocycles. The topological polar surface area (TPSA) is 32.3 Å². The average Bonchev–Trinajstić information content (AvgIpc) is 1.86. The van der Waals surface area contributed by atoms with E-state index in [2.05, 4.69) is 18.5 Å². The van der Waals surface area contributed by atoms with E-state index < -0.39 is 0 Å². The van der Waals surface area contributed by atoms with Crippen molar-refractivity contribution >= 4 is 0 Å². The highest BCUT2D eigenvalue weighted by Crippen LogP contribution is 2.02. The zero-order chi connectivity index (χ0) is 8.69. The van der Waals surface area contributed by atoms with Crippen molar-refractivity contribution < 1.29 is 5.11 Å². The Morgan fingerprint density at radius 3 is 2.45 bits per heavy atom. The highest BCUT2D eigenvalue weighted by molar-refractivity contribution is 5.01. The molecule has 0 radical (unpaired) electrons. The lowest BCUT2D eigenvalue weighted by Gasteiger charge is -2.07. The van der Waals surface area contributed by atoms with Crippen LogP contribution in [0.1, 0.15) is 26.2 Å². The van der Waals surface area contributed by atoms with Crippen molar-refractivity contribution in [2.75, 3.05) is 6.61 Å². The Morgan fingerprint density at radius 2 is 2.00 bits per heavy atom. The fourth-order valence-corrected chi connectivity index (χ4v) is 0.814. The molecule has 0 fully saturated rings. The van der Waals surface area contributed by atoms with Crippen molar-refractivity contribution in [1.82, 2.24) is 5.32 Å². The first-order valence-corrected chi connectivity index (χ1v) is 3.88. The molecule has 0 aromatic rings. The Labute approximate surface area is 68.6 Å². The van der Waals surface area contributed by atoms with Crippen LogP contribution in [0.25, 0.3) is 0 Å². The van der Waals surface area contributed by atoms with Crippen molar-refractivity contribution in [2.24, 2.45) is 0 Å².